The first-order valence-corrected chi connectivity index (χ1v) is 8.67. The molecule has 3 aromatic rings. The summed E-state index contributed by atoms with van der Waals surface area (Å²) in [6.45, 7) is 0.332. The molecule has 0 saturated carbocycles. The number of nitriles is 2. The summed E-state index contributed by atoms with van der Waals surface area (Å²) in [6, 6.07) is 18.4. The molecule has 3 rings (SSSR count). The maximum atomic E-state index is 12.1. The highest BCUT2D eigenvalue weighted by molar-refractivity contribution is 9.10. The molecule has 0 radical (unpaired) electrons. The molecule has 27 heavy (non-hydrogen) atoms. The van der Waals surface area contributed by atoms with Crippen LogP contribution in [-0.4, -0.2) is 4.98 Å². The van der Waals surface area contributed by atoms with Gasteiger partial charge in [-0.25, -0.2) is 0 Å². The molecule has 6 nitrogen and oxygen atoms in total. The van der Waals surface area contributed by atoms with Crippen LogP contribution in [0.1, 0.15) is 16.7 Å². The molecule has 0 aliphatic rings. The molecule has 0 aliphatic heterocycles. The summed E-state index contributed by atoms with van der Waals surface area (Å²) in [4.78, 5) is 14.4. The minimum absolute atomic E-state index is 0.0501. The molecule has 0 bridgehead atoms. The highest BCUT2D eigenvalue weighted by Crippen LogP contribution is 2.30. The summed E-state index contributed by atoms with van der Waals surface area (Å²) >= 11 is 3.47. The van der Waals surface area contributed by atoms with Gasteiger partial charge < -0.3 is 15.5 Å². The Kier molecular flexibility index (Phi) is 5.25. The number of nitrogens with two attached hydrogens (primary N) is 1. The van der Waals surface area contributed by atoms with Crippen LogP contribution in [0.15, 0.2) is 57.8 Å². The molecular formula is C20H13BrN4O2. The van der Waals surface area contributed by atoms with Crippen molar-refractivity contribution in [1.82, 2.24) is 4.98 Å². The molecule has 0 amide bonds. The zero-order valence-corrected chi connectivity index (χ0v) is 15.6. The third-order valence-corrected chi connectivity index (χ3v) is 4.72. The monoisotopic (exact) mass is 420 g/mol. The Morgan fingerprint density at radius 3 is 2.52 bits per heavy atom. The van der Waals surface area contributed by atoms with Crippen molar-refractivity contribution in [3.05, 3.63) is 80.0 Å². The van der Waals surface area contributed by atoms with Crippen molar-refractivity contribution >= 4 is 21.7 Å². The molecule has 0 aliphatic carbocycles. The molecule has 0 saturated heterocycles. The fourth-order valence-electron chi connectivity index (χ4n) is 2.65. The number of anilines is 1. The Balaban J connectivity index is 2.02. The largest absolute Gasteiger partial charge is 0.489 e. The van der Waals surface area contributed by atoms with E-state index in [1.807, 2.05) is 36.4 Å². The van der Waals surface area contributed by atoms with Gasteiger partial charge in [-0.2, -0.15) is 10.5 Å². The van der Waals surface area contributed by atoms with Gasteiger partial charge in [-0.15, -0.1) is 0 Å². The van der Waals surface area contributed by atoms with E-state index < -0.39 is 5.56 Å². The zero-order chi connectivity index (χ0) is 19.4. The highest BCUT2D eigenvalue weighted by atomic mass is 79.9. The number of nitrogens with zero attached hydrogens (tertiary/aromatic N) is 2. The molecule has 2 aromatic carbocycles. The van der Waals surface area contributed by atoms with Gasteiger partial charge in [0.2, 0.25) is 0 Å². The lowest BCUT2D eigenvalue weighted by Crippen LogP contribution is -2.16. The normalized spacial score (nSPS) is 10.0. The molecule has 132 valence electrons. The maximum Gasteiger partial charge on any atom is 0.268 e. The topological polar surface area (TPSA) is 116 Å². The SMILES string of the molecule is N#Cc1c(N)[nH]c(=O)c(C#N)c1-c1cccc(OCc2ccccc2Br)c1. The number of H-pyrrole nitrogens is 1. The average Bonchev–Trinajstić information content (AvgIpc) is 2.67. The third-order valence-electron chi connectivity index (χ3n) is 3.94. The second-order valence-corrected chi connectivity index (χ2v) is 6.48. The zero-order valence-electron chi connectivity index (χ0n) is 14.0. The van der Waals surface area contributed by atoms with Crippen LogP contribution in [0, 0.1) is 22.7 Å². The van der Waals surface area contributed by atoms with Crippen LogP contribution >= 0.6 is 15.9 Å². The Morgan fingerprint density at radius 1 is 1.07 bits per heavy atom. The van der Waals surface area contributed by atoms with E-state index in [-0.39, 0.29) is 22.5 Å². The van der Waals surface area contributed by atoms with Gasteiger partial charge in [-0.05, 0) is 23.8 Å². The lowest BCUT2D eigenvalue weighted by atomic mass is 9.96. The maximum absolute atomic E-state index is 12.1. The number of aromatic nitrogens is 1. The number of benzene rings is 2. The lowest BCUT2D eigenvalue weighted by Gasteiger charge is -2.12. The van der Waals surface area contributed by atoms with Crippen molar-refractivity contribution in [1.29, 1.82) is 10.5 Å². The first kappa shape index (κ1) is 18.2. The van der Waals surface area contributed by atoms with E-state index >= 15 is 0 Å². The van der Waals surface area contributed by atoms with Crippen LogP contribution in [0.5, 0.6) is 5.75 Å². The summed E-state index contributed by atoms with van der Waals surface area (Å²) in [5.74, 6) is 0.464. The van der Waals surface area contributed by atoms with Gasteiger partial charge in [-0.3, -0.25) is 4.79 Å². The van der Waals surface area contributed by atoms with Gasteiger partial charge in [0.25, 0.3) is 5.56 Å². The van der Waals surface area contributed by atoms with Crippen molar-refractivity contribution in [3.8, 4) is 29.0 Å². The predicted octanol–water partition coefficient (Wildman–Crippen LogP) is 3.71. The molecule has 1 heterocycles. The summed E-state index contributed by atoms with van der Waals surface area (Å²) in [7, 11) is 0. The second-order valence-electron chi connectivity index (χ2n) is 5.62. The Labute approximate surface area is 163 Å². The molecular weight excluding hydrogens is 408 g/mol. The number of nitrogen functional groups attached to an aromatic ring is 1. The number of halogens is 1. The summed E-state index contributed by atoms with van der Waals surface area (Å²) in [5, 5.41) is 18.8. The van der Waals surface area contributed by atoms with E-state index in [4.69, 9.17) is 10.5 Å². The summed E-state index contributed by atoms with van der Waals surface area (Å²) in [6.07, 6.45) is 0. The Morgan fingerprint density at radius 2 is 1.81 bits per heavy atom. The highest BCUT2D eigenvalue weighted by Gasteiger charge is 2.18. The van der Waals surface area contributed by atoms with Crippen LogP contribution in [0.4, 0.5) is 5.82 Å². The Hall–Kier alpha value is -3.55. The van der Waals surface area contributed by atoms with E-state index in [2.05, 4.69) is 20.9 Å². The van der Waals surface area contributed by atoms with Gasteiger partial charge in [0, 0.05) is 15.6 Å². The minimum Gasteiger partial charge on any atom is -0.489 e. The number of aromatic amines is 1. The fraction of sp³-hybridized carbons (Fsp3) is 0.0500. The van der Waals surface area contributed by atoms with Gasteiger partial charge in [0.1, 0.15) is 41.4 Å². The smallest absolute Gasteiger partial charge is 0.268 e. The average molecular weight is 421 g/mol. The predicted molar refractivity (Wildman–Crippen MR) is 105 cm³/mol. The molecule has 0 unspecified atom stereocenters. The van der Waals surface area contributed by atoms with Gasteiger partial charge in [0.15, 0.2) is 0 Å². The first-order chi connectivity index (χ1) is 13.0. The van der Waals surface area contributed by atoms with Gasteiger partial charge >= 0.3 is 0 Å². The van der Waals surface area contributed by atoms with Crippen molar-refractivity contribution in [2.45, 2.75) is 6.61 Å². The van der Waals surface area contributed by atoms with Crippen molar-refractivity contribution in [3.63, 3.8) is 0 Å². The number of pyridine rings is 1. The Bertz CT molecular complexity index is 1160. The summed E-state index contributed by atoms with van der Waals surface area (Å²) < 4.78 is 6.76. The van der Waals surface area contributed by atoms with Crippen LogP contribution in [0.25, 0.3) is 11.1 Å². The third kappa shape index (κ3) is 3.69. The number of hydrogen-bond donors (Lipinski definition) is 2. The molecule has 0 spiro atoms. The summed E-state index contributed by atoms with van der Waals surface area (Å²) in [5.41, 5.74) is 6.69. The second kappa shape index (κ2) is 7.77. The van der Waals surface area contributed by atoms with E-state index in [0.717, 1.165) is 10.0 Å². The van der Waals surface area contributed by atoms with Crippen LogP contribution in [0.3, 0.4) is 0 Å². The molecule has 0 atom stereocenters. The quantitative estimate of drug-likeness (QED) is 0.666. The minimum atomic E-state index is -0.636. The lowest BCUT2D eigenvalue weighted by molar-refractivity contribution is 0.305. The van der Waals surface area contributed by atoms with Gasteiger partial charge in [0.05, 0.1) is 0 Å². The molecule has 0 fully saturated rings. The van der Waals surface area contributed by atoms with Crippen LogP contribution < -0.4 is 16.0 Å². The van der Waals surface area contributed by atoms with E-state index in [1.54, 1.807) is 24.3 Å². The van der Waals surface area contributed by atoms with E-state index in [0.29, 0.717) is 17.9 Å². The number of nitrogens with one attached hydrogen (secondary N) is 1. The molecule has 3 N–H and O–H groups in total. The first-order valence-electron chi connectivity index (χ1n) is 7.87. The fourth-order valence-corrected chi connectivity index (χ4v) is 3.05. The van der Waals surface area contributed by atoms with Crippen LogP contribution in [-0.2, 0) is 6.61 Å². The van der Waals surface area contributed by atoms with Crippen molar-refractivity contribution < 1.29 is 4.74 Å². The number of rotatable bonds is 4. The van der Waals surface area contributed by atoms with E-state index in [1.165, 1.54) is 0 Å². The van der Waals surface area contributed by atoms with Gasteiger partial charge in [-0.1, -0.05) is 46.3 Å². The van der Waals surface area contributed by atoms with Crippen molar-refractivity contribution in [2.75, 3.05) is 5.73 Å². The van der Waals surface area contributed by atoms with Crippen LogP contribution in [0.2, 0.25) is 0 Å². The number of hydrogen-bond acceptors (Lipinski definition) is 5. The van der Waals surface area contributed by atoms with E-state index in [9.17, 15) is 15.3 Å². The molecule has 1 aromatic heterocycles. The molecule has 7 heteroatoms. The van der Waals surface area contributed by atoms with Crippen molar-refractivity contribution in [2.24, 2.45) is 0 Å². The standard InChI is InChI=1S/C20H13BrN4O2/c21-17-7-2-1-4-13(17)11-27-14-6-3-5-12(8-14)18-15(9-22)19(24)25-20(26)16(18)10-23/h1-8H,11H2,(H3,24,25,26). The number of ether oxygens (including phenoxy) is 1.